The quantitative estimate of drug-likeness (QED) is 0.755. The molecule has 0 saturated heterocycles. The lowest BCUT2D eigenvalue weighted by Crippen LogP contribution is -2.51. The highest BCUT2D eigenvalue weighted by Crippen LogP contribution is 2.51. The summed E-state index contributed by atoms with van der Waals surface area (Å²) >= 11 is 0. The van der Waals surface area contributed by atoms with Gasteiger partial charge in [0.05, 0.1) is 11.1 Å². The van der Waals surface area contributed by atoms with Crippen LogP contribution in [-0.4, -0.2) is 15.3 Å². The molecule has 1 saturated carbocycles. The maximum atomic E-state index is 13.2. The number of benzene rings is 1. The Morgan fingerprint density at radius 2 is 1.96 bits per heavy atom. The van der Waals surface area contributed by atoms with E-state index in [1.165, 1.54) is 11.1 Å². The largest absolute Gasteiger partial charge is 0.342 e. The molecule has 4 nitrogen and oxygen atoms in total. The van der Waals surface area contributed by atoms with Crippen molar-refractivity contribution in [2.45, 2.75) is 51.0 Å². The molecule has 2 heterocycles. The van der Waals surface area contributed by atoms with Crippen LogP contribution in [0.1, 0.15) is 64.5 Å². The van der Waals surface area contributed by atoms with Gasteiger partial charge in [-0.1, -0.05) is 24.3 Å². The van der Waals surface area contributed by atoms with Gasteiger partial charge in [-0.3, -0.25) is 4.79 Å². The van der Waals surface area contributed by atoms with Crippen LogP contribution < -0.4 is 5.32 Å². The highest BCUT2D eigenvalue weighted by atomic mass is 16.1. The molecule has 0 atom stereocenters. The van der Waals surface area contributed by atoms with Crippen LogP contribution in [0.3, 0.4) is 0 Å². The summed E-state index contributed by atoms with van der Waals surface area (Å²) in [6.45, 7) is 4.01. The van der Waals surface area contributed by atoms with Crippen LogP contribution in [0.25, 0.3) is 5.65 Å². The zero-order valence-corrected chi connectivity index (χ0v) is 15.2. The minimum absolute atomic E-state index is 0.0137. The fourth-order valence-electron chi connectivity index (χ4n) is 5.03. The molecule has 132 valence electrons. The monoisotopic (exact) mass is 345 g/mol. The van der Waals surface area contributed by atoms with Crippen LogP contribution in [0.4, 0.5) is 0 Å². The molecular weight excluding hydrogens is 322 g/mol. The SMILES string of the molecule is Cc1cc(C)n2ccc(C(=O)NC34CCC(CC3)c3ccccc34)c2n1. The van der Waals surface area contributed by atoms with E-state index in [0.29, 0.717) is 11.5 Å². The van der Waals surface area contributed by atoms with Gasteiger partial charge in [0, 0.05) is 17.6 Å². The zero-order valence-electron chi connectivity index (χ0n) is 15.2. The van der Waals surface area contributed by atoms with Crippen LogP contribution in [0, 0.1) is 13.8 Å². The van der Waals surface area contributed by atoms with Gasteiger partial charge < -0.3 is 9.72 Å². The number of carbonyl (C=O) groups is 1. The fraction of sp³-hybridized carbons (Fsp3) is 0.364. The Balaban J connectivity index is 1.56. The molecule has 0 spiro atoms. The number of amides is 1. The summed E-state index contributed by atoms with van der Waals surface area (Å²) in [4.78, 5) is 17.9. The molecule has 1 aromatic carbocycles. The first-order valence-corrected chi connectivity index (χ1v) is 9.45. The van der Waals surface area contributed by atoms with E-state index in [-0.39, 0.29) is 11.4 Å². The highest BCUT2D eigenvalue weighted by molar-refractivity contribution is 6.00. The molecule has 2 aromatic heterocycles. The summed E-state index contributed by atoms with van der Waals surface area (Å²) in [5.41, 5.74) is 5.95. The zero-order chi connectivity index (χ0) is 17.9. The number of rotatable bonds is 2. The Hall–Kier alpha value is -2.62. The maximum absolute atomic E-state index is 13.2. The van der Waals surface area contributed by atoms with Gasteiger partial charge in [-0.05, 0) is 68.7 Å². The Labute approximate surface area is 153 Å². The van der Waals surface area contributed by atoms with Crippen molar-refractivity contribution in [3.05, 3.63) is 70.7 Å². The summed E-state index contributed by atoms with van der Waals surface area (Å²) in [7, 11) is 0. The van der Waals surface area contributed by atoms with Gasteiger partial charge in [0.1, 0.15) is 5.65 Å². The Bertz CT molecular complexity index is 1030. The van der Waals surface area contributed by atoms with Crippen LogP contribution in [0.2, 0.25) is 0 Å². The maximum Gasteiger partial charge on any atom is 0.255 e. The molecule has 1 fully saturated rings. The lowest BCUT2D eigenvalue weighted by molar-refractivity contribution is 0.0842. The van der Waals surface area contributed by atoms with Crippen molar-refractivity contribution in [2.75, 3.05) is 0 Å². The molecule has 4 heteroatoms. The fourth-order valence-corrected chi connectivity index (χ4v) is 5.03. The van der Waals surface area contributed by atoms with Crippen molar-refractivity contribution in [1.82, 2.24) is 14.7 Å². The van der Waals surface area contributed by atoms with E-state index in [1.54, 1.807) is 0 Å². The third-order valence-corrected chi connectivity index (χ3v) is 6.29. The number of aryl methyl sites for hydroxylation is 2. The van der Waals surface area contributed by atoms with E-state index in [9.17, 15) is 4.79 Å². The van der Waals surface area contributed by atoms with E-state index in [4.69, 9.17) is 0 Å². The van der Waals surface area contributed by atoms with Crippen LogP contribution >= 0.6 is 0 Å². The average molecular weight is 345 g/mol. The second-order valence-electron chi connectivity index (χ2n) is 7.86. The van der Waals surface area contributed by atoms with Gasteiger partial charge in [-0.2, -0.15) is 0 Å². The number of fused-ring (bicyclic) bond motifs is 3. The standard InChI is InChI=1S/C22H23N3O/c1-14-13-15(2)25-12-9-18(20(25)23-14)21(26)24-22-10-7-16(8-11-22)17-5-3-4-6-19(17)22/h3-6,9,12-13,16H,7-8,10-11H2,1-2H3,(H,24,26). The molecule has 0 unspecified atom stereocenters. The summed E-state index contributed by atoms with van der Waals surface area (Å²) in [5, 5.41) is 3.42. The van der Waals surface area contributed by atoms with E-state index in [2.05, 4.69) is 34.6 Å². The van der Waals surface area contributed by atoms with Gasteiger partial charge >= 0.3 is 0 Å². The van der Waals surface area contributed by atoms with E-state index < -0.39 is 0 Å². The number of carbonyl (C=O) groups excluding carboxylic acids is 1. The van der Waals surface area contributed by atoms with Gasteiger partial charge in [0.25, 0.3) is 5.91 Å². The molecule has 26 heavy (non-hydrogen) atoms. The van der Waals surface area contributed by atoms with Crippen LogP contribution in [0.15, 0.2) is 42.6 Å². The van der Waals surface area contributed by atoms with Crippen LogP contribution in [0.5, 0.6) is 0 Å². The van der Waals surface area contributed by atoms with E-state index >= 15 is 0 Å². The van der Waals surface area contributed by atoms with Crippen molar-refractivity contribution >= 4 is 11.6 Å². The Morgan fingerprint density at radius 3 is 2.77 bits per heavy atom. The molecule has 6 rings (SSSR count). The normalized spacial score (nSPS) is 23.8. The third-order valence-electron chi connectivity index (χ3n) is 6.29. The molecule has 2 bridgehead atoms. The third kappa shape index (κ3) is 2.14. The van der Waals surface area contributed by atoms with Gasteiger partial charge in [-0.15, -0.1) is 0 Å². The minimum atomic E-state index is -0.227. The van der Waals surface area contributed by atoms with Crippen molar-refractivity contribution < 1.29 is 4.79 Å². The molecular formula is C22H23N3O. The summed E-state index contributed by atoms with van der Waals surface area (Å²) in [6, 6.07) is 12.6. The van der Waals surface area contributed by atoms with E-state index in [0.717, 1.165) is 42.7 Å². The minimum Gasteiger partial charge on any atom is -0.342 e. The van der Waals surface area contributed by atoms with Crippen molar-refractivity contribution in [2.24, 2.45) is 0 Å². The second-order valence-corrected chi connectivity index (χ2v) is 7.86. The van der Waals surface area contributed by atoms with Crippen molar-refractivity contribution in [3.8, 4) is 0 Å². The highest BCUT2D eigenvalue weighted by Gasteiger charge is 2.45. The number of nitrogens with zero attached hydrogens (tertiary/aromatic N) is 2. The summed E-state index contributed by atoms with van der Waals surface area (Å²) in [6.07, 6.45) is 6.30. The first-order valence-electron chi connectivity index (χ1n) is 9.45. The van der Waals surface area contributed by atoms with E-state index in [1.807, 2.05) is 36.6 Å². The average Bonchev–Trinajstić information content (AvgIpc) is 3.07. The Kier molecular flexibility index (Phi) is 3.27. The molecule has 3 aromatic rings. The summed E-state index contributed by atoms with van der Waals surface area (Å²) in [5.74, 6) is 0.646. The lowest BCUT2D eigenvalue weighted by Gasteiger charge is -2.48. The number of nitrogens with one attached hydrogen (secondary N) is 1. The van der Waals surface area contributed by atoms with Gasteiger partial charge in [-0.25, -0.2) is 4.98 Å². The predicted octanol–water partition coefficient (Wildman–Crippen LogP) is 4.25. The molecule has 0 aliphatic heterocycles. The molecule has 3 aliphatic carbocycles. The topological polar surface area (TPSA) is 46.4 Å². The number of hydrogen-bond acceptors (Lipinski definition) is 2. The van der Waals surface area contributed by atoms with Gasteiger partial charge in [0.2, 0.25) is 0 Å². The predicted molar refractivity (Wildman–Crippen MR) is 101 cm³/mol. The first kappa shape index (κ1) is 15.6. The molecule has 1 N–H and O–H groups in total. The lowest BCUT2D eigenvalue weighted by atomic mass is 9.62. The van der Waals surface area contributed by atoms with Crippen LogP contribution in [-0.2, 0) is 5.54 Å². The molecule has 3 aliphatic rings. The first-order chi connectivity index (χ1) is 12.6. The Morgan fingerprint density at radius 1 is 1.19 bits per heavy atom. The smallest absolute Gasteiger partial charge is 0.255 e. The number of aromatic nitrogens is 2. The summed E-state index contributed by atoms with van der Waals surface area (Å²) < 4.78 is 1.99. The second kappa shape index (κ2) is 5.44. The number of hydrogen-bond donors (Lipinski definition) is 1. The van der Waals surface area contributed by atoms with Crippen molar-refractivity contribution in [3.63, 3.8) is 0 Å². The molecule has 0 radical (unpaired) electrons. The van der Waals surface area contributed by atoms with Gasteiger partial charge in [0.15, 0.2) is 0 Å². The molecule has 1 amide bonds. The van der Waals surface area contributed by atoms with Crippen molar-refractivity contribution in [1.29, 1.82) is 0 Å².